The number of para-hydroxylation sites is 1. The van der Waals surface area contributed by atoms with E-state index in [0.717, 1.165) is 18.7 Å². The lowest BCUT2D eigenvalue weighted by Gasteiger charge is -2.17. The van der Waals surface area contributed by atoms with Gasteiger partial charge in [0.25, 0.3) is 5.91 Å². The summed E-state index contributed by atoms with van der Waals surface area (Å²) in [5.74, 6) is 0.586. The van der Waals surface area contributed by atoms with Gasteiger partial charge in [0.1, 0.15) is 5.75 Å². The van der Waals surface area contributed by atoms with Gasteiger partial charge < -0.3 is 15.4 Å². The van der Waals surface area contributed by atoms with Crippen LogP contribution in [0.4, 0.5) is 11.4 Å². The third-order valence-corrected chi connectivity index (χ3v) is 3.41. The van der Waals surface area contributed by atoms with Gasteiger partial charge in [0, 0.05) is 24.0 Å². The SMILES string of the molecule is Nc1cccc(OCC(=O)N2CCc3ccccc32)c1. The van der Waals surface area contributed by atoms with Crippen LogP contribution in [-0.4, -0.2) is 19.1 Å². The molecule has 1 heterocycles. The van der Waals surface area contributed by atoms with Crippen molar-refractivity contribution in [1.82, 2.24) is 0 Å². The van der Waals surface area contributed by atoms with Gasteiger partial charge in [-0.1, -0.05) is 24.3 Å². The summed E-state index contributed by atoms with van der Waals surface area (Å²) in [4.78, 5) is 14.0. The fraction of sp³-hybridized carbons (Fsp3) is 0.188. The zero-order valence-corrected chi connectivity index (χ0v) is 11.1. The first kappa shape index (κ1) is 12.5. The van der Waals surface area contributed by atoms with Crippen LogP contribution in [0.2, 0.25) is 0 Å². The van der Waals surface area contributed by atoms with Gasteiger partial charge in [-0.05, 0) is 30.2 Å². The molecule has 0 spiro atoms. The van der Waals surface area contributed by atoms with Crippen LogP contribution < -0.4 is 15.4 Å². The first-order valence-corrected chi connectivity index (χ1v) is 6.60. The predicted octanol–water partition coefficient (Wildman–Crippen LogP) is 2.24. The molecule has 2 N–H and O–H groups in total. The van der Waals surface area contributed by atoms with Crippen LogP contribution in [0.15, 0.2) is 48.5 Å². The number of carbonyl (C=O) groups excluding carboxylic acids is 1. The molecular weight excluding hydrogens is 252 g/mol. The minimum atomic E-state index is -0.0302. The van der Waals surface area contributed by atoms with Crippen LogP contribution in [0.5, 0.6) is 5.75 Å². The Kier molecular flexibility index (Phi) is 3.29. The van der Waals surface area contributed by atoms with Gasteiger partial charge in [-0.25, -0.2) is 0 Å². The van der Waals surface area contributed by atoms with Crippen molar-refractivity contribution in [2.24, 2.45) is 0 Å². The normalized spacial score (nSPS) is 13.1. The molecule has 0 aromatic heterocycles. The van der Waals surface area contributed by atoms with E-state index in [4.69, 9.17) is 10.5 Å². The summed E-state index contributed by atoms with van der Waals surface area (Å²) in [5.41, 5.74) is 8.51. The molecule has 1 aliphatic rings. The van der Waals surface area contributed by atoms with E-state index in [9.17, 15) is 4.79 Å². The van der Waals surface area contributed by atoms with Gasteiger partial charge in [0.15, 0.2) is 6.61 Å². The molecule has 1 aliphatic heterocycles. The lowest BCUT2D eigenvalue weighted by Crippen LogP contribution is -2.33. The Labute approximate surface area is 117 Å². The summed E-state index contributed by atoms with van der Waals surface area (Å²) in [5, 5.41) is 0. The van der Waals surface area contributed by atoms with Gasteiger partial charge in [-0.15, -0.1) is 0 Å². The van der Waals surface area contributed by atoms with E-state index < -0.39 is 0 Å². The summed E-state index contributed by atoms with van der Waals surface area (Å²) < 4.78 is 5.50. The summed E-state index contributed by atoms with van der Waals surface area (Å²) >= 11 is 0. The first-order valence-electron chi connectivity index (χ1n) is 6.60. The molecule has 20 heavy (non-hydrogen) atoms. The maximum absolute atomic E-state index is 12.2. The van der Waals surface area contributed by atoms with Crippen LogP contribution in [0.3, 0.4) is 0 Å². The zero-order chi connectivity index (χ0) is 13.9. The molecule has 2 aromatic carbocycles. The van der Waals surface area contributed by atoms with Gasteiger partial charge in [0.2, 0.25) is 0 Å². The predicted molar refractivity (Wildman–Crippen MR) is 78.8 cm³/mol. The van der Waals surface area contributed by atoms with Crippen LogP contribution in [-0.2, 0) is 11.2 Å². The van der Waals surface area contributed by atoms with Crippen molar-refractivity contribution in [3.8, 4) is 5.75 Å². The number of hydrogen-bond donors (Lipinski definition) is 1. The molecule has 4 nitrogen and oxygen atoms in total. The maximum atomic E-state index is 12.2. The molecule has 3 rings (SSSR count). The quantitative estimate of drug-likeness (QED) is 0.868. The molecule has 0 saturated heterocycles. The maximum Gasteiger partial charge on any atom is 0.264 e. The summed E-state index contributed by atoms with van der Waals surface area (Å²) in [6.45, 7) is 0.746. The molecule has 0 fully saturated rings. The molecule has 0 saturated carbocycles. The first-order chi connectivity index (χ1) is 9.74. The summed E-state index contributed by atoms with van der Waals surface area (Å²) in [6, 6.07) is 15.1. The van der Waals surface area contributed by atoms with Crippen LogP contribution in [0.25, 0.3) is 0 Å². The number of nitrogens with two attached hydrogens (primary N) is 1. The molecule has 2 aromatic rings. The van der Waals surface area contributed by atoms with Gasteiger partial charge in [-0.3, -0.25) is 4.79 Å². The fourth-order valence-electron chi connectivity index (χ4n) is 2.42. The fourth-order valence-corrected chi connectivity index (χ4v) is 2.42. The van der Waals surface area contributed by atoms with Crippen molar-refractivity contribution < 1.29 is 9.53 Å². The third-order valence-electron chi connectivity index (χ3n) is 3.41. The second-order valence-corrected chi connectivity index (χ2v) is 4.79. The van der Waals surface area contributed by atoms with E-state index in [-0.39, 0.29) is 12.5 Å². The van der Waals surface area contributed by atoms with E-state index in [1.165, 1.54) is 5.56 Å². The number of nitrogen functional groups attached to an aromatic ring is 1. The van der Waals surface area contributed by atoms with Crippen molar-refractivity contribution in [3.63, 3.8) is 0 Å². The summed E-state index contributed by atoms with van der Waals surface area (Å²) in [6.07, 6.45) is 0.903. The van der Waals surface area contributed by atoms with Gasteiger partial charge in [-0.2, -0.15) is 0 Å². The van der Waals surface area contributed by atoms with Gasteiger partial charge in [0.05, 0.1) is 0 Å². The lowest BCUT2D eigenvalue weighted by atomic mass is 10.2. The molecule has 0 atom stereocenters. The molecule has 0 unspecified atom stereocenters. The molecule has 102 valence electrons. The van der Waals surface area contributed by atoms with E-state index in [0.29, 0.717) is 11.4 Å². The monoisotopic (exact) mass is 268 g/mol. The molecular formula is C16H16N2O2. The molecule has 0 aliphatic carbocycles. The van der Waals surface area contributed by atoms with Crippen LogP contribution >= 0.6 is 0 Å². The average Bonchev–Trinajstić information content (AvgIpc) is 2.89. The number of rotatable bonds is 3. The molecule has 4 heteroatoms. The topological polar surface area (TPSA) is 55.6 Å². The molecule has 1 amide bonds. The largest absolute Gasteiger partial charge is 0.484 e. The Hall–Kier alpha value is -2.49. The Balaban J connectivity index is 1.66. The minimum Gasteiger partial charge on any atom is -0.484 e. The standard InChI is InChI=1S/C16H16N2O2/c17-13-5-3-6-14(10-13)20-11-16(19)18-9-8-12-4-1-2-7-15(12)18/h1-7,10H,8-9,11,17H2. The van der Waals surface area contributed by atoms with Crippen molar-refractivity contribution in [3.05, 3.63) is 54.1 Å². The number of ether oxygens (including phenoxy) is 1. The Bertz CT molecular complexity index is 640. The Morgan fingerprint density at radius 2 is 2.05 bits per heavy atom. The number of hydrogen-bond acceptors (Lipinski definition) is 3. The highest BCUT2D eigenvalue weighted by atomic mass is 16.5. The average molecular weight is 268 g/mol. The Morgan fingerprint density at radius 1 is 1.20 bits per heavy atom. The van der Waals surface area contributed by atoms with Crippen molar-refractivity contribution in [2.75, 3.05) is 23.8 Å². The highest BCUT2D eigenvalue weighted by Crippen LogP contribution is 2.27. The minimum absolute atomic E-state index is 0.0256. The number of nitrogens with zero attached hydrogens (tertiary/aromatic N) is 1. The highest BCUT2D eigenvalue weighted by molar-refractivity contribution is 5.96. The van der Waals surface area contributed by atoms with Crippen molar-refractivity contribution in [2.45, 2.75) is 6.42 Å². The zero-order valence-electron chi connectivity index (χ0n) is 11.1. The smallest absolute Gasteiger partial charge is 0.264 e. The molecule has 0 radical (unpaired) electrons. The van der Waals surface area contributed by atoms with Crippen LogP contribution in [0.1, 0.15) is 5.56 Å². The van der Waals surface area contributed by atoms with Crippen molar-refractivity contribution in [1.29, 1.82) is 0 Å². The van der Waals surface area contributed by atoms with E-state index >= 15 is 0 Å². The highest BCUT2D eigenvalue weighted by Gasteiger charge is 2.24. The molecule has 0 bridgehead atoms. The number of anilines is 2. The number of amides is 1. The van der Waals surface area contributed by atoms with Gasteiger partial charge >= 0.3 is 0 Å². The van der Waals surface area contributed by atoms with Crippen LogP contribution in [0, 0.1) is 0 Å². The van der Waals surface area contributed by atoms with E-state index in [1.54, 1.807) is 29.2 Å². The lowest BCUT2D eigenvalue weighted by molar-refractivity contribution is -0.120. The van der Waals surface area contributed by atoms with Crippen molar-refractivity contribution >= 4 is 17.3 Å². The summed E-state index contributed by atoms with van der Waals surface area (Å²) in [7, 11) is 0. The number of carbonyl (C=O) groups is 1. The Morgan fingerprint density at radius 3 is 2.90 bits per heavy atom. The number of benzene rings is 2. The van der Waals surface area contributed by atoms with E-state index in [1.807, 2.05) is 18.2 Å². The second-order valence-electron chi connectivity index (χ2n) is 4.79. The van der Waals surface area contributed by atoms with E-state index in [2.05, 4.69) is 6.07 Å². The second kappa shape index (κ2) is 5.25. The number of fused-ring (bicyclic) bond motifs is 1. The third kappa shape index (κ3) is 2.45.